The molecule has 160 valence electrons. The van der Waals surface area contributed by atoms with Crippen molar-refractivity contribution in [2.75, 3.05) is 10.0 Å². The molecule has 0 unspecified atom stereocenters. The Balaban J connectivity index is 1.65. The fourth-order valence-electron chi connectivity index (χ4n) is 2.85. The Morgan fingerprint density at radius 2 is 1.29 bits per heavy atom. The van der Waals surface area contributed by atoms with Gasteiger partial charge in [-0.1, -0.05) is 42.0 Å². The number of sulfonamides is 1. The van der Waals surface area contributed by atoms with Gasteiger partial charge in [0.25, 0.3) is 10.0 Å². The molecule has 0 spiro atoms. The summed E-state index contributed by atoms with van der Waals surface area (Å²) in [6, 6.07) is 20.7. The molecular weight excluding hydrogens is 416 g/mol. The molecule has 0 saturated heterocycles. The van der Waals surface area contributed by atoms with E-state index in [0.717, 1.165) is 16.7 Å². The van der Waals surface area contributed by atoms with Gasteiger partial charge in [-0.2, -0.15) is 0 Å². The topological polar surface area (TPSA) is 113 Å². The molecule has 3 aromatic rings. The lowest BCUT2D eigenvalue weighted by Crippen LogP contribution is -2.13. The number of aliphatic carboxylic acids is 1. The summed E-state index contributed by atoms with van der Waals surface area (Å²) in [5, 5.41) is 11.3. The molecule has 0 heterocycles. The second-order valence-corrected chi connectivity index (χ2v) is 8.70. The van der Waals surface area contributed by atoms with E-state index in [2.05, 4.69) is 10.0 Å². The van der Waals surface area contributed by atoms with Crippen molar-refractivity contribution in [3.05, 3.63) is 78.4 Å². The highest BCUT2D eigenvalue weighted by atomic mass is 32.2. The molecule has 0 aliphatic heterocycles. The smallest absolute Gasteiger partial charge is 0.303 e. The lowest BCUT2D eigenvalue weighted by atomic mass is 10.1. The van der Waals surface area contributed by atoms with Crippen molar-refractivity contribution < 1.29 is 23.1 Å². The van der Waals surface area contributed by atoms with Crippen LogP contribution in [0.3, 0.4) is 0 Å². The van der Waals surface area contributed by atoms with Gasteiger partial charge in [0, 0.05) is 17.8 Å². The molecular formula is C23H22N2O5S. The van der Waals surface area contributed by atoms with Crippen molar-refractivity contribution in [2.24, 2.45) is 0 Å². The summed E-state index contributed by atoms with van der Waals surface area (Å²) >= 11 is 0. The van der Waals surface area contributed by atoms with E-state index in [9.17, 15) is 18.0 Å². The van der Waals surface area contributed by atoms with Crippen molar-refractivity contribution in [2.45, 2.75) is 24.7 Å². The predicted octanol–water partition coefficient (Wildman–Crippen LogP) is 4.27. The van der Waals surface area contributed by atoms with Crippen LogP contribution in [0.15, 0.2) is 77.7 Å². The average Bonchev–Trinajstić information content (AvgIpc) is 2.73. The molecule has 0 aromatic heterocycles. The highest BCUT2D eigenvalue weighted by Gasteiger charge is 2.14. The van der Waals surface area contributed by atoms with E-state index < -0.39 is 16.0 Å². The zero-order valence-corrected chi connectivity index (χ0v) is 17.6. The zero-order valence-electron chi connectivity index (χ0n) is 16.8. The number of carbonyl (C=O) groups is 2. The minimum atomic E-state index is -3.66. The van der Waals surface area contributed by atoms with Gasteiger partial charge in [-0.25, -0.2) is 8.42 Å². The summed E-state index contributed by atoms with van der Waals surface area (Å²) in [6.07, 6.45) is -0.305. The molecule has 0 atom stereocenters. The summed E-state index contributed by atoms with van der Waals surface area (Å²) in [6.45, 7) is 1.89. The molecule has 3 aromatic carbocycles. The Bertz CT molecular complexity index is 1170. The molecule has 3 N–H and O–H groups in total. The van der Waals surface area contributed by atoms with E-state index in [4.69, 9.17) is 5.11 Å². The lowest BCUT2D eigenvalue weighted by molar-refractivity contribution is -0.138. The third-order valence-electron chi connectivity index (χ3n) is 4.54. The quantitative estimate of drug-likeness (QED) is 0.486. The fraction of sp³-hybridized carbons (Fsp3) is 0.130. The molecule has 0 aliphatic carbocycles. The molecule has 8 heteroatoms. The Labute approximate surface area is 180 Å². The van der Waals surface area contributed by atoms with Crippen molar-refractivity contribution in [3.63, 3.8) is 0 Å². The number of hydrogen-bond donors (Lipinski definition) is 3. The van der Waals surface area contributed by atoms with Crippen LogP contribution in [0, 0.1) is 6.92 Å². The first-order valence-electron chi connectivity index (χ1n) is 9.54. The van der Waals surface area contributed by atoms with Gasteiger partial charge in [0.2, 0.25) is 5.91 Å². The number of aryl methyl sites for hydroxylation is 1. The summed E-state index contributed by atoms with van der Waals surface area (Å²) in [5.74, 6) is -1.38. The van der Waals surface area contributed by atoms with Crippen molar-refractivity contribution >= 4 is 33.3 Å². The third kappa shape index (κ3) is 6.16. The Morgan fingerprint density at radius 1 is 0.774 bits per heavy atom. The second-order valence-electron chi connectivity index (χ2n) is 7.02. The van der Waals surface area contributed by atoms with Crippen LogP contribution in [-0.4, -0.2) is 25.4 Å². The van der Waals surface area contributed by atoms with Crippen molar-refractivity contribution in [3.8, 4) is 11.1 Å². The molecule has 3 rings (SSSR count). The number of carboxylic acids is 1. The molecule has 0 saturated carbocycles. The number of amides is 1. The van der Waals surface area contributed by atoms with Gasteiger partial charge in [0.1, 0.15) is 0 Å². The maximum absolute atomic E-state index is 12.5. The van der Waals surface area contributed by atoms with Crippen LogP contribution in [0.25, 0.3) is 11.1 Å². The third-order valence-corrected chi connectivity index (χ3v) is 5.93. The van der Waals surface area contributed by atoms with Gasteiger partial charge in [-0.3, -0.25) is 14.3 Å². The van der Waals surface area contributed by atoms with E-state index in [1.807, 2.05) is 19.1 Å². The first-order chi connectivity index (χ1) is 14.7. The first kappa shape index (κ1) is 22.0. The van der Waals surface area contributed by atoms with Crippen LogP contribution in [0.4, 0.5) is 11.4 Å². The van der Waals surface area contributed by atoms with E-state index in [-0.39, 0.29) is 23.6 Å². The number of nitrogens with one attached hydrogen (secondary N) is 2. The van der Waals surface area contributed by atoms with Crippen LogP contribution in [0.2, 0.25) is 0 Å². The van der Waals surface area contributed by atoms with Gasteiger partial charge in [0.15, 0.2) is 0 Å². The maximum atomic E-state index is 12.5. The number of benzene rings is 3. The fourth-order valence-corrected chi connectivity index (χ4v) is 3.91. The van der Waals surface area contributed by atoms with Crippen LogP contribution >= 0.6 is 0 Å². The molecule has 7 nitrogen and oxygen atoms in total. The average molecular weight is 439 g/mol. The van der Waals surface area contributed by atoms with Crippen LogP contribution in [0.1, 0.15) is 18.4 Å². The van der Waals surface area contributed by atoms with Crippen LogP contribution < -0.4 is 10.0 Å². The lowest BCUT2D eigenvalue weighted by Gasteiger charge is -2.10. The van der Waals surface area contributed by atoms with Crippen LogP contribution in [-0.2, 0) is 19.6 Å². The normalized spacial score (nSPS) is 11.0. The van der Waals surface area contributed by atoms with Gasteiger partial charge < -0.3 is 10.4 Å². The summed E-state index contributed by atoms with van der Waals surface area (Å²) in [4.78, 5) is 22.4. The minimum Gasteiger partial charge on any atom is -0.481 e. The van der Waals surface area contributed by atoms with Gasteiger partial charge in [-0.15, -0.1) is 0 Å². The van der Waals surface area contributed by atoms with E-state index in [0.29, 0.717) is 11.4 Å². The highest BCUT2D eigenvalue weighted by Crippen LogP contribution is 2.24. The second kappa shape index (κ2) is 9.44. The van der Waals surface area contributed by atoms with E-state index in [1.165, 1.54) is 0 Å². The van der Waals surface area contributed by atoms with Crippen LogP contribution in [0.5, 0.6) is 0 Å². The number of rotatable bonds is 8. The minimum absolute atomic E-state index is 0.0863. The van der Waals surface area contributed by atoms with Gasteiger partial charge in [-0.05, 0) is 54.4 Å². The summed E-state index contributed by atoms with van der Waals surface area (Å²) in [5.41, 5.74) is 3.76. The Hall–Kier alpha value is -3.65. The number of carboxylic acid groups (broad SMARTS) is 1. The van der Waals surface area contributed by atoms with Crippen molar-refractivity contribution in [1.82, 2.24) is 0 Å². The molecule has 1 amide bonds. The van der Waals surface area contributed by atoms with E-state index in [1.54, 1.807) is 60.7 Å². The largest absolute Gasteiger partial charge is 0.481 e. The predicted molar refractivity (Wildman–Crippen MR) is 119 cm³/mol. The highest BCUT2D eigenvalue weighted by molar-refractivity contribution is 7.92. The Morgan fingerprint density at radius 3 is 1.81 bits per heavy atom. The standard InChI is InChI=1S/C23H22N2O5S/c1-16-2-12-21(13-3-16)31(29,30)25-20-10-6-18(7-11-20)17-4-8-19(9-5-17)24-22(26)14-15-23(27)28/h2-13,25H,14-15H2,1H3,(H,24,26)(H,27,28). The molecule has 0 radical (unpaired) electrons. The molecule has 0 fully saturated rings. The van der Waals surface area contributed by atoms with Gasteiger partial charge >= 0.3 is 5.97 Å². The molecule has 0 aliphatic rings. The molecule has 31 heavy (non-hydrogen) atoms. The number of anilines is 2. The van der Waals surface area contributed by atoms with E-state index >= 15 is 0 Å². The monoisotopic (exact) mass is 438 g/mol. The number of carbonyl (C=O) groups excluding carboxylic acids is 1. The van der Waals surface area contributed by atoms with Gasteiger partial charge in [0.05, 0.1) is 11.3 Å². The summed E-state index contributed by atoms with van der Waals surface area (Å²) < 4.78 is 27.6. The Kier molecular flexibility index (Phi) is 6.71. The summed E-state index contributed by atoms with van der Waals surface area (Å²) in [7, 11) is -3.66. The van der Waals surface area contributed by atoms with Crippen molar-refractivity contribution in [1.29, 1.82) is 0 Å². The maximum Gasteiger partial charge on any atom is 0.303 e. The number of hydrogen-bond acceptors (Lipinski definition) is 4. The molecule has 0 bridgehead atoms. The SMILES string of the molecule is Cc1ccc(S(=O)(=O)Nc2ccc(-c3ccc(NC(=O)CCC(=O)O)cc3)cc2)cc1. The zero-order chi connectivity index (χ0) is 22.4. The first-order valence-corrected chi connectivity index (χ1v) is 11.0.